The van der Waals surface area contributed by atoms with Gasteiger partial charge in [-0.25, -0.2) is 0 Å². The fourth-order valence-electron chi connectivity index (χ4n) is 1.76. The van der Waals surface area contributed by atoms with Crippen LogP contribution >= 0.6 is 0 Å². The van der Waals surface area contributed by atoms with Crippen molar-refractivity contribution < 1.29 is 25.2 Å². The molecule has 0 aromatic heterocycles. The zero-order valence-corrected chi connectivity index (χ0v) is 9.18. The van der Waals surface area contributed by atoms with Gasteiger partial charge in [-0.2, -0.15) is 0 Å². The summed E-state index contributed by atoms with van der Waals surface area (Å²) in [7, 11) is 0. The molecule has 0 unspecified atom stereocenters. The maximum Gasteiger partial charge on any atom is 0.111 e. The van der Waals surface area contributed by atoms with Crippen LogP contribution in [0.5, 0.6) is 0 Å². The molecule has 5 heteroatoms. The van der Waals surface area contributed by atoms with Gasteiger partial charge < -0.3 is 25.2 Å². The van der Waals surface area contributed by atoms with Crippen LogP contribution in [-0.2, 0) is 4.74 Å². The highest BCUT2D eigenvalue weighted by Crippen LogP contribution is 2.32. The number of aliphatic hydroxyl groups is 4. The van der Waals surface area contributed by atoms with Gasteiger partial charge >= 0.3 is 0 Å². The fraction of sp³-hybridized carbons (Fsp3) is 1.00. The van der Waals surface area contributed by atoms with Gasteiger partial charge in [0.2, 0.25) is 0 Å². The van der Waals surface area contributed by atoms with E-state index in [1.54, 1.807) is 0 Å². The lowest BCUT2D eigenvalue weighted by molar-refractivity contribution is -0.162. The third-order valence-electron chi connectivity index (χ3n) is 3.05. The Kier molecular flexibility index (Phi) is 3.73. The molecule has 0 bridgehead atoms. The van der Waals surface area contributed by atoms with Crippen LogP contribution in [-0.4, -0.2) is 57.0 Å². The van der Waals surface area contributed by atoms with Crippen molar-refractivity contribution >= 4 is 0 Å². The summed E-state index contributed by atoms with van der Waals surface area (Å²) in [6, 6.07) is 0. The largest absolute Gasteiger partial charge is 0.393 e. The summed E-state index contributed by atoms with van der Waals surface area (Å²) in [5, 5.41) is 37.4. The molecule has 4 atom stereocenters. The van der Waals surface area contributed by atoms with Gasteiger partial charge in [0.05, 0.1) is 25.4 Å². The van der Waals surface area contributed by atoms with Gasteiger partial charge in [0, 0.05) is 0 Å². The summed E-state index contributed by atoms with van der Waals surface area (Å²) in [6.45, 7) is 2.22. The molecule has 1 aliphatic heterocycles. The van der Waals surface area contributed by atoms with E-state index >= 15 is 0 Å². The minimum atomic E-state index is -1.29. The van der Waals surface area contributed by atoms with Crippen LogP contribution in [0.3, 0.4) is 0 Å². The van der Waals surface area contributed by atoms with Crippen LogP contribution in [0.15, 0.2) is 0 Å². The SMILES string of the molecule is C[C@](O)(CO)[C@H]1CC[C@H]([C@@](C)(O)CO)O1. The van der Waals surface area contributed by atoms with Crippen LogP contribution in [0.4, 0.5) is 0 Å². The monoisotopic (exact) mass is 220 g/mol. The van der Waals surface area contributed by atoms with Crippen molar-refractivity contribution in [2.45, 2.75) is 50.1 Å². The third kappa shape index (κ3) is 2.68. The predicted octanol–water partition coefficient (Wildman–Crippen LogP) is -0.979. The lowest BCUT2D eigenvalue weighted by Crippen LogP contribution is -2.47. The van der Waals surface area contributed by atoms with Crippen LogP contribution in [0.25, 0.3) is 0 Å². The standard InChI is InChI=1S/C10H20O5/c1-9(13,5-11)7-3-4-8(15-7)10(2,14)6-12/h7-8,11-14H,3-6H2,1-2H3/t7-,8-,9+,10+/m1/s1. The average molecular weight is 220 g/mol. The molecule has 1 rings (SSSR count). The van der Waals surface area contributed by atoms with Crippen LogP contribution < -0.4 is 0 Å². The van der Waals surface area contributed by atoms with E-state index in [4.69, 9.17) is 14.9 Å². The molecule has 1 aliphatic rings. The van der Waals surface area contributed by atoms with Crippen molar-refractivity contribution in [3.8, 4) is 0 Å². The number of rotatable bonds is 4. The van der Waals surface area contributed by atoms with E-state index in [-0.39, 0.29) is 13.2 Å². The van der Waals surface area contributed by atoms with E-state index in [0.29, 0.717) is 12.8 Å². The molecule has 0 aromatic rings. The molecule has 0 saturated carbocycles. The number of ether oxygens (including phenoxy) is 1. The molecule has 1 fully saturated rings. The Hall–Kier alpha value is -0.200. The quantitative estimate of drug-likeness (QED) is 0.489. The van der Waals surface area contributed by atoms with E-state index in [1.165, 1.54) is 13.8 Å². The second-order valence-electron chi connectivity index (χ2n) is 4.72. The highest BCUT2D eigenvalue weighted by molar-refractivity contribution is 4.94. The number of hydrogen-bond acceptors (Lipinski definition) is 5. The Morgan fingerprint density at radius 1 is 1.00 bits per heavy atom. The molecule has 1 heterocycles. The molecule has 0 spiro atoms. The first-order chi connectivity index (χ1) is 6.83. The lowest BCUT2D eigenvalue weighted by Gasteiger charge is -2.31. The molecule has 1 saturated heterocycles. The van der Waals surface area contributed by atoms with Crippen LogP contribution in [0.2, 0.25) is 0 Å². The van der Waals surface area contributed by atoms with Gasteiger partial charge in [-0.3, -0.25) is 0 Å². The summed E-state index contributed by atoms with van der Waals surface area (Å²) >= 11 is 0. The summed E-state index contributed by atoms with van der Waals surface area (Å²) in [5.74, 6) is 0. The summed E-state index contributed by atoms with van der Waals surface area (Å²) in [5.41, 5.74) is -2.58. The van der Waals surface area contributed by atoms with Crippen molar-refractivity contribution in [2.24, 2.45) is 0 Å². The smallest absolute Gasteiger partial charge is 0.111 e. The van der Waals surface area contributed by atoms with Gasteiger partial charge in [-0.15, -0.1) is 0 Å². The predicted molar refractivity (Wildman–Crippen MR) is 53.3 cm³/mol. The highest BCUT2D eigenvalue weighted by atomic mass is 16.5. The topological polar surface area (TPSA) is 90.2 Å². The van der Waals surface area contributed by atoms with Crippen molar-refractivity contribution in [1.82, 2.24) is 0 Å². The lowest BCUT2D eigenvalue weighted by atomic mass is 9.95. The number of aliphatic hydroxyl groups excluding tert-OH is 2. The van der Waals surface area contributed by atoms with E-state index in [1.807, 2.05) is 0 Å². The van der Waals surface area contributed by atoms with Crippen molar-refractivity contribution in [2.75, 3.05) is 13.2 Å². The Labute approximate surface area is 89.3 Å². The highest BCUT2D eigenvalue weighted by Gasteiger charge is 2.44. The van der Waals surface area contributed by atoms with Gasteiger partial charge in [0.1, 0.15) is 11.2 Å². The van der Waals surface area contributed by atoms with Gasteiger partial charge in [0.25, 0.3) is 0 Å². The molecule has 5 nitrogen and oxygen atoms in total. The fourth-order valence-corrected chi connectivity index (χ4v) is 1.76. The minimum absolute atomic E-state index is 0.383. The Morgan fingerprint density at radius 3 is 1.60 bits per heavy atom. The van der Waals surface area contributed by atoms with Crippen molar-refractivity contribution in [3.05, 3.63) is 0 Å². The van der Waals surface area contributed by atoms with E-state index in [0.717, 1.165) is 0 Å². The first kappa shape index (κ1) is 12.9. The summed E-state index contributed by atoms with van der Waals surface area (Å²) in [4.78, 5) is 0. The Morgan fingerprint density at radius 2 is 1.33 bits per heavy atom. The molecule has 90 valence electrons. The molecular formula is C10H20O5. The molecule has 0 amide bonds. The van der Waals surface area contributed by atoms with Crippen LogP contribution in [0, 0.1) is 0 Å². The second-order valence-corrected chi connectivity index (χ2v) is 4.72. The first-order valence-electron chi connectivity index (χ1n) is 5.15. The molecule has 4 N–H and O–H groups in total. The van der Waals surface area contributed by atoms with E-state index in [2.05, 4.69) is 0 Å². The normalized spacial score (nSPS) is 34.8. The molecular weight excluding hydrogens is 200 g/mol. The Bertz CT molecular complexity index is 192. The van der Waals surface area contributed by atoms with Crippen molar-refractivity contribution in [3.63, 3.8) is 0 Å². The van der Waals surface area contributed by atoms with Crippen LogP contribution in [0.1, 0.15) is 26.7 Å². The third-order valence-corrected chi connectivity index (χ3v) is 3.05. The molecule has 0 aromatic carbocycles. The summed E-state index contributed by atoms with van der Waals surface area (Å²) < 4.78 is 5.45. The minimum Gasteiger partial charge on any atom is -0.393 e. The Balaban J connectivity index is 2.60. The molecule has 0 radical (unpaired) electrons. The second kappa shape index (κ2) is 4.35. The van der Waals surface area contributed by atoms with E-state index in [9.17, 15) is 10.2 Å². The maximum absolute atomic E-state index is 9.76. The molecule has 0 aliphatic carbocycles. The zero-order chi connectivity index (χ0) is 11.7. The average Bonchev–Trinajstić information content (AvgIpc) is 2.67. The zero-order valence-electron chi connectivity index (χ0n) is 9.18. The van der Waals surface area contributed by atoms with E-state index < -0.39 is 23.4 Å². The van der Waals surface area contributed by atoms with Gasteiger partial charge in [-0.05, 0) is 26.7 Å². The summed E-state index contributed by atoms with van der Waals surface area (Å²) in [6.07, 6.45) is 0.138. The van der Waals surface area contributed by atoms with Gasteiger partial charge in [-0.1, -0.05) is 0 Å². The van der Waals surface area contributed by atoms with Gasteiger partial charge in [0.15, 0.2) is 0 Å². The maximum atomic E-state index is 9.76. The molecule has 15 heavy (non-hydrogen) atoms. The number of hydrogen-bond donors (Lipinski definition) is 4. The van der Waals surface area contributed by atoms with Crippen molar-refractivity contribution in [1.29, 1.82) is 0 Å². The first-order valence-corrected chi connectivity index (χ1v) is 5.15.